The summed E-state index contributed by atoms with van der Waals surface area (Å²) in [6, 6.07) is 5.62. The van der Waals surface area contributed by atoms with Crippen molar-refractivity contribution in [2.24, 2.45) is 0 Å². The van der Waals surface area contributed by atoms with Crippen LogP contribution in [0.3, 0.4) is 0 Å². The molecule has 0 radical (unpaired) electrons. The third-order valence-corrected chi connectivity index (χ3v) is 3.38. The fourth-order valence-electron chi connectivity index (χ4n) is 2.01. The minimum atomic E-state index is -0.841. The van der Waals surface area contributed by atoms with Crippen LogP contribution < -0.4 is 0 Å². The van der Waals surface area contributed by atoms with Gasteiger partial charge in [-0.3, -0.25) is 9.59 Å². The maximum atomic E-state index is 12.0. The number of methoxy groups -OCH3 is 1. The van der Waals surface area contributed by atoms with Crippen molar-refractivity contribution >= 4 is 27.8 Å². The third-order valence-electron chi connectivity index (χ3n) is 2.89. The topological polar surface area (TPSA) is 46.6 Å². The number of hydrogen-bond donors (Lipinski definition) is 0. The Morgan fingerprint density at radius 3 is 2.88 bits per heavy atom. The normalized spacial score (nSPS) is 18.9. The molecule has 1 aromatic carbocycles. The Hall–Kier alpha value is -1.36. The van der Waals surface area contributed by atoms with Gasteiger partial charge >= 0.3 is 5.97 Å². The van der Waals surface area contributed by atoms with Crippen LogP contribution in [0.25, 0.3) is 0 Å². The predicted molar refractivity (Wildman–Crippen MR) is 65.4 cm³/mol. The van der Waals surface area contributed by atoms with Crippen molar-refractivity contribution in [2.75, 3.05) is 14.2 Å². The average Bonchev–Trinajstić information content (AvgIpc) is 2.31. The third kappa shape index (κ3) is 2.07. The van der Waals surface area contributed by atoms with Gasteiger partial charge < -0.3 is 9.64 Å². The van der Waals surface area contributed by atoms with Crippen molar-refractivity contribution in [2.45, 2.75) is 12.5 Å². The number of likely N-dealkylation sites (N-methyl/N-ethyl adjacent to an activating group) is 1. The maximum Gasteiger partial charge on any atom is 0.322 e. The summed E-state index contributed by atoms with van der Waals surface area (Å²) in [6.07, 6.45) is 0. The van der Waals surface area contributed by atoms with Gasteiger partial charge in [0, 0.05) is 18.1 Å². The van der Waals surface area contributed by atoms with Gasteiger partial charge in [-0.25, -0.2) is 0 Å². The molecule has 17 heavy (non-hydrogen) atoms. The summed E-state index contributed by atoms with van der Waals surface area (Å²) in [7, 11) is 2.98. The second-order valence-electron chi connectivity index (χ2n) is 3.99. The molecule has 0 spiro atoms. The van der Waals surface area contributed by atoms with Gasteiger partial charge in [0.2, 0.25) is 5.91 Å². The van der Waals surface area contributed by atoms with Gasteiger partial charge in [-0.15, -0.1) is 0 Å². The second kappa shape index (κ2) is 4.49. The van der Waals surface area contributed by atoms with Crippen molar-refractivity contribution in [1.82, 2.24) is 4.90 Å². The first-order chi connectivity index (χ1) is 8.04. The molecule has 0 fully saturated rings. The van der Waals surface area contributed by atoms with Crippen LogP contribution in [0, 0.1) is 0 Å². The van der Waals surface area contributed by atoms with Crippen LogP contribution in [-0.4, -0.2) is 30.9 Å². The fourth-order valence-corrected chi connectivity index (χ4v) is 2.39. The van der Waals surface area contributed by atoms with E-state index in [1.165, 1.54) is 12.0 Å². The van der Waals surface area contributed by atoms with E-state index in [1.54, 1.807) is 7.05 Å². The van der Waals surface area contributed by atoms with Gasteiger partial charge in [-0.2, -0.15) is 0 Å². The monoisotopic (exact) mass is 297 g/mol. The summed E-state index contributed by atoms with van der Waals surface area (Å²) in [5.41, 5.74) is 1.71. The van der Waals surface area contributed by atoms with E-state index < -0.39 is 11.9 Å². The molecule has 90 valence electrons. The van der Waals surface area contributed by atoms with E-state index in [0.29, 0.717) is 6.54 Å². The lowest BCUT2D eigenvalue weighted by Gasteiger charge is -2.30. The van der Waals surface area contributed by atoms with E-state index >= 15 is 0 Å². The highest BCUT2D eigenvalue weighted by molar-refractivity contribution is 9.10. The number of carbonyl (C=O) groups is 2. The molecule has 2 rings (SSSR count). The standard InChI is InChI=1S/C12H12BrNO3/c1-14-6-7-3-4-8(13)5-9(7)10(11(14)15)12(16)17-2/h3-5,10H,6H2,1-2H3. The number of rotatable bonds is 1. The number of carbonyl (C=O) groups excluding carboxylic acids is 2. The largest absolute Gasteiger partial charge is 0.468 e. The molecule has 1 aliphatic rings. The van der Waals surface area contributed by atoms with Gasteiger partial charge in [-0.05, 0) is 23.3 Å². The van der Waals surface area contributed by atoms with Gasteiger partial charge in [0.15, 0.2) is 5.92 Å². The highest BCUT2D eigenvalue weighted by Crippen LogP contribution is 2.31. The minimum absolute atomic E-state index is 0.220. The lowest BCUT2D eigenvalue weighted by molar-refractivity contribution is -0.150. The van der Waals surface area contributed by atoms with E-state index in [-0.39, 0.29) is 5.91 Å². The Morgan fingerprint density at radius 1 is 1.53 bits per heavy atom. The second-order valence-corrected chi connectivity index (χ2v) is 4.91. The molecular weight excluding hydrogens is 286 g/mol. The summed E-state index contributed by atoms with van der Waals surface area (Å²) in [6.45, 7) is 0.523. The molecule has 0 aliphatic carbocycles. The number of nitrogens with zero attached hydrogens (tertiary/aromatic N) is 1. The number of fused-ring (bicyclic) bond motifs is 1. The molecule has 1 aromatic rings. The van der Waals surface area contributed by atoms with E-state index in [1.807, 2.05) is 18.2 Å². The molecule has 0 saturated carbocycles. The molecule has 1 aliphatic heterocycles. The summed E-state index contributed by atoms with van der Waals surface area (Å²) < 4.78 is 5.55. The molecule has 1 unspecified atom stereocenters. The minimum Gasteiger partial charge on any atom is -0.468 e. The number of benzene rings is 1. The molecule has 1 heterocycles. The Bertz CT molecular complexity index is 487. The number of esters is 1. The molecule has 4 nitrogen and oxygen atoms in total. The summed E-state index contributed by atoms with van der Waals surface area (Å²) in [5, 5.41) is 0. The SMILES string of the molecule is COC(=O)C1C(=O)N(C)Cc2ccc(Br)cc21. The number of amides is 1. The van der Waals surface area contributed by atoms with E-state index in [4.69, 9.17) is 4.74 Å². The Morgan fingerprint density at radius 2 is 2.24 bits per heavy atom. The predicted octanol–water partition coefficient (Wildman–Crippen LogP) is 1.68. The van der Waals surface area contributed by atoms with Crippen LogP contribution in [0.5, 0.6) is 0 Å². The van der Waals surface area contributed by atoms with Crippen molar-refractivity contribution in [3.05, 3.63) is 33.8 Å². The van der Waals surface area contributed by atoms with Crippen molar-refractivity contribution in [3.63, 3.8) is 0 Å². The maximum absolute atomic E-state index is 12.0. The zero-order valence-corrected chi connectivity index (χ0v) is 11.2. The fraction of sp³-hybridized carbons (Fsp3) is 0.333. The van der Waals surface area contributed by atoms with Crippen LogP contribution in [0.2, 0.25) is 0 Å². The number of ether oxygens (including phenoxy) is 1. The first-order valence-electron chi connectivity index (χ1n) is 5.15. The van der Waals surface area contributed by atoms with E-state index in [9.17, 15) is 9.59 Å². The number of halogens is 1. The van der Waals surface area contributed by atoms with E-state index in [2.05, 4.69) is 15.9 Å². The van der Waals surface area contributed by atoms with Gasteiger partial charge in [-0.1, -0.05) is 22.0 Å². The van der Waals surface area contributed by atoms with Crippen LogP contribution in [0.15, 0.2) is 22.7 Å². The highest BCUT2D eigenvalue weighted by Gasteiger charge is 2.37. The van der Waals surface area contributed by atoms with Crippen LogP contribution in [-0.2, 0) is 20.9 Å². The summed E-state index contributed by atoms with van der Waals surface area (Å²) in [4.78, 5) is 25.3. The van der Waals surface area contributed by atoms with Crippen molar-refractivity contribution < 1.29 is 14.3 Å². The Kier molecular flexibility index (Phi) is 3.19. The van der Waals surface area contributed by atoms with Crippen LogP contribution in [0.4, 0.5) is 0 Å². The smallest absolute Gasteiger partial charge is 0.322 e. The van der Waals surface area contributed by atoms with E-state index in [0.717, 1.165) is 15.6 Å². The average molecular weight is 298 g/mol. The zero-order chi connectivity index (χ0) is 12.6. The first kappa shape index (κ1) is 12.1. The van der Waals surface area contributed by atoms with Crippen LogP contribution >= 0.6 is 15.9 Å². The Balaban J connectivity index is 2.54. The molecular formula is C12H12BrNO3. The quantitative estimate of drug-likeness (QED) is 0.585. The molecule has 1 amide bonds. The van der Waals surface area contributed by atoms with Gasteiger partial charge in [0.1, 0.15) is 0 Å². The molecule has 0 saturated heterocycles. The molecule has 0 bridgehead atoms. The first-order valence-corrected chi connectivity index (χ1v) is 5.95. The van der Waals surface area contributed by atoms with Crippen LogP contribution in [0.1, 0.15) is 17.0 Å². The van der Waals surface area contributed by atoms with Gasteiger partial charge in [0.25, 0.3) is 0 Å². The van der Waals surface area contributed by atoms with Gasteiger partial charge in [0.05, 0.1) is 7.11 Å². The highest BCUT2D eigenvalue weighted by atomic mass is 79.9. The van der Waals surface area contributed by atoms with Crippen molar-refractivity contribution in [1.29, 1.82) is 0 Å². The molecule has 0 aromatic heterocycles. The molecule has 5 heteroatoms. The summed E-state index contributed by atoms with van der Waals surface area (Å²) in [5.74, 6) is -1.57. The number of hydrogen-bond acceptors (Lipinski definition) is 3. The molecule has 0 N–H and O–H groups in total. The van der Waals surface area contributed by atoms with Crippen molar-refractivity contribution in [3.8, 4) is 0 Å². The summed E-state index contributed by atoms with van der Waals surface area (Å²) >= 11 is 3.35. The zero-order valence-electron chi connectivity index (χ0n) is 9.57. The molecule has 1 atom stereocenters. The lowest BCUT2D eigenvalue weighted by atomic mass is 9.89. The lowest BCUT2D eigenvalue weighted by Crippen LogP contribution is -2.40. The Labute approximate surface area is 108 Å².